The molecule has 3 aromatic rings. The molecule has 2 aromatic heterocycles. The monoisotopic (exact) mass is 405 g/mol. The van der Waals surface area contributed by atoms with Crippen LogP contribution in [0.2, 0.25) is 0 Å². The van der Waals surface area contributed by atoms with Crippen molar-refractivity contribution >= 4 is 23.2 Å². The zero-order chi connectivity index (χ0) is 20.1. The molecule has 1 aromatic carbocycles. The highest BCUT2D eigenvalue weighted by Gasteiger charge is 2.30. The van der Waals surface area contributed by atoms with Crippen LogP contribution in [0.15, 0.2) is 72.2 Å². The van der Waals surface area contributed by atoms with Crippen LogP contribution in [0.1, 0.15) is 39.8 Å². The SMILES string of the molecule is O=C(NC(c1ccccc1)c1ccccn1)C1CCN(C(=O)c2cccs2)CC1. The number of aromatic nitrogens is 1. The van der Waals surface area contributed by atoms with E-state index >= 15 is 0 Å². The number of nitrogens with one attached hydrogen (secondary N) is 1. The second-order valence-corrected chi connectivity index (χ2v) is 8.10. The Balaban J connectivity index is 1.42. The van der Waals surface area contributed by atoms with Crippen LogP contribution >= 0.6 is 11.3 Å². The number of hydrogen-bond acceptors (Lipinski definition) is 4. The van der Waals surface area contributed by atoms with E-state index in [1.54, 1.807) is 6.20 Å². The molecule has 4 rings (SSSR count). The van der Waals surface area contributed by atoms with Crippen LogP contribution < -0.4 is 5.32 Å². The summed E-state index contributed by atoms with van der Waals surface area (Å²) in [7, 11) is 0. The number of hydrogen-bond donors (Lipinski definition) is 1. The topological polar surface area (TPSA) is 62.3 Å². The van der Waals surface area contributed by atoms with Crippen molar-refractivity contribution in [3.63, 3.8) is 0 Å². The number of pyridine rings is 1. The van der Waals surface area contributed by atoms with E-state index < -0.39 is 0 Å². The molecule has 0 saturated carbocycles. The summed E-state index contributed by atoms with van der Waals surface area (Å²) in [6.45, 7) is 1.21. The van der Waals surface area contributed by atoms with Gasteiger partial charge in [0.1, 0.15) is 0 Å². The lowest BCUT2D eigenvalue weighted by molar-refractivity contribution is -0.126. The van der Waals surface area contributed by atoms with Crippen LogP contribution in [0.4, 0.5) is 0 Å². The first kappa shape index (κ1) is 19.3. The third kappa shape index (κ3) is 4.54. The summed E-state index contributed by atoms with van der Waals surface area (Å²) in [4.78, 5) is 32.6. The maximum atomic E-state index is 13.0. The molecular formula is C23H23N3O2S. The van der Waals surface area contributed by atoms with Crippen molar-refractivity contribution in [2.45, 2.75) is 18.9 Å². The van der Waals surface area contributed by atoms with Crippen LogP contribution in [-0.4, -0.2) is 34.8 Å². The molecular weight excluding hydrogens is 382 g/mol. The van der Waals surface area contributed by atoms with Crippen molar-refractivity contribution < 1.29 is 9.59 Å². The molecule has 5 nitrogen and oxygen atoms in total. The molecule has 0 bridgehead atoms. The third-order valence-electron chi connectivity index (χ3n) is 5.29. The summed E-state index contributed by atoms with van der Waals surface area (Å²) in [5.41, 5.74) is 1.82. The Morgan fingerprint density at radius 2 is 1.76 bits per heavy atom. The number of nitrogens with zero attached hydrogens (tertiary/aromatic N) is 2. The van der Waals surface area contributed by atoms with Gasteiger partial charge in [0.25, 0.3) is 5.91 Å². The van der Waals surface area contributed by atoms with E-state index in [0.29, 0.717) is 25.9 Å². The van der Waals surface area contributed by atoms with Gasteiger partial charge >= 0.3 is 0 Å². The molecule has 1 aliphatic heterocycles. The molecule has 1 fully saturated rings. The van der Waals surface area contributed by atoms with E-state index in [0.717, 1.165) is 16.1 Å². The van der Waals surface area contributed by atoms with E-state index in [-0.39, 0.29) is 23.8 Å². The minimum atomic E-state index is -0.282. The highest BCUT2D eigenvalue weighted by Crippen LogP contribution is 2.24. The average Bonchev–Trinajstić information content (AvgIpc) is 3.33. The predicted octanol–water partition coefficient (Wildman–Crippen LogP) is 3.90. The zero-order valence-electron chi connectivity index (χ0n) is 16.0. The molecule has 0 radical (unpaired) electrons. The second kappa shape index (κ2) is 9.01. The highest BCUT2D eigenvalue weighted by atomic mass is 32.1. The van der Waals surface area contributed by atoms with Gasteiger partial charge in [-0.05, 0) is 42.0 Å². The van der Waals surface area contributed by atoms with Gasteiger partial charge < -0.3 is 10.2 Å². The van der Waals surface area contributed by atoms with Crippen molar-refractivity contribution in [2.24, 2.45) is 5.92 Å². The Bertz CT molecular complexity index is 897. The molecule has 1 atom stereocenters. The minimum absolute atomic E-state index is 0.0210. The minimum Gasteiger partial charge on any atom is -0.343 e. The molecule has 148 valence electrons. The van der Waals surface area contributed by atoms with E-state index in [2.05, 4.69) is 10.3 Å². The highest BCUT2D eigenvalue weighted by molar-refractivity contribution is 7.12. The second-order valence-electron chi connectivity index (χ2n) is 7.15. The van der Waals surface area contributed by atoms with Gasteiger partial charge in [0.15, 0.2) is 0 Å². The summed E-state index contributed by atoms with van der Waals surface area (Å²) < 4.78 is 0. The van der Waals surface area contributed by atoms with Crippen molar-refractivity contribution in [3.05, 3.63) is 88.4 Å². The quantitative estimate of drug-likeness (QED) is 0.700. The van der Waals surface area contributed by atoms with Gasteiger partial charge in [0.2, 0.25) is 5.91 Å². The molecule has 1 saturated heterocycles. The molecule has 2 amide bonds. The smallest absolute Gasteiger partial charge is 0.263 e. The number of rotatable bonds is 5. The van der Waals surface area contributed by atoms with Crippen LogP contribution in [0, 0.1) is 5.92 Å². The number of carbonyl (C=O) groups is 2. The summed E-state index contributed by atoms with van der Waals surface area (Å²) >= 11 is 1.46. The first-order valence-electron chi connectivity index (χ1n) is 9.81. The lowest BCUT2D eigenvalue weighted by Gasteiger charge is -2.32. The molecule has 0 aliphatic carbocycles. The largest absolute Gasteiger partial charge is 0.343 e. The Labute approximate surface area is 174 Å². The summed E-state index contributed by atoms with van der Waals surface area (Å²) in [5, 5.41) is 5.10. The van der Waals surface area contributed by atoms with E-state index in [9.17, 15) is 9.59 Å². The van der Waals surface area contributed by atoms with Crippen LogP contribution in [-0.2, 0) is 4.79 Å². The standard InChI is InChI=1S/C23H23N3O2S/c27-22(18-11-14-26(15-12-18)23(28)20-10-6-16-29-20)25-21(17-7-2-1-3-8-17)19-9-4-5-13-24-19/h1-10,13,16,18,21H,11-12,14-15H2,(H,25,27). The summed E-state index contributed by atoms with van der Waals surface area (Å²) in [6.07, 6.45) is 3.09. The van der Waals surface area contributed by atoms with E-state index in [4.69, 9.17) is 0 Å². The third-order valence-corrected chi connectivity index (χ3v) is 6.15. The van der Waals surface area contributed by atoms with Gasteiger partial charge in [-0.2, -0.15) is 0 Å². The van der Waals surface area contributed by atoms with Gasteiger partial charge in [-0.3, -0.25) is 14.6 Å². The number of amides is 2. The normalized spacial score (nSPS) is 15.7. The molecule has 1 aliphatic rings. The fourth-order valence-electron chi connectivity index (χ4n) is 3.68. The molecule has 3 heterocycles. The first-order valence-corrected chi connectivity index (χ1v) is 10.7. The van der Waals surface area contributed by atoms with Gasteiger partial charge in [0, 0.05) is 25.2 Å². The molecule has 1 unspecified atom stereocenters. The summed E-state index contributed by atoms with van der Waals surface area (Å²) in [6, 6.07) is 19.1. The number of likely N-dealkylation sites (tertiary alicyclic amines) is 1. The summed E-state index contributed by atoms with van der Waals surface area (Å²) in [5.74, 6) is -0.0143. The Kier molecular flexibility index (Phi) is 6.00. The molecule has 29 heavy (non-hydrogen) atoms. The zero-order valence-corrected chi connectivity index (χ0v) is 16.8. The lowest BCUT2D eigenvalue weighted by atomic mass is 9.94. The molecule has 6 heteroatoms. The van der Waals surface area contributed by atoms with Crippen LogP contribution in [0.25, 0.3) is 0 Å². The Hall–Kier alpha value is -2.99. The van der Waals surface area contributed by atoms with Gasteiger partial charge in [-0.15, -0.1) is 11.3 Å². The molecule has 1 N–H and O–H groups in total. The van der Waals surface area contributed by atoms with Crippen molar-refractivity contribution in [1.29, 1.82) is 0 Å². The maximum Gasteiger partial charge on any atom is 0.263 e. The van der Waals surface area contributed by atoms with Gasteiger partial charge in [0.05, 0.1) is 16.6 Å². The number of thiophene rings is 1. The van der Waals surface area contributed by atoms with Crippen molar-refractivity contribution in [2.75, 3.05) is 13.1 Å². The van der Waals surface area contributed by atoms with Gasteiger partial charge in [-0.1, -0.05) is 42.5 Å². The van der Waals surface area contributed by atoms with Gasteiger partial charge in [-0.25, -0.2) is 0 Å². The van der Waals surface area contributed by atoms with E-state index in [1.807, 2.05) is 70.9 Å². The van der Waals surface area contributed by atoms with Crippen LogP contribution in [0.3, 0.4) is 0 Å². The lowest BCUT2D eigenvalue weighted by Crippen LogP contribution is -2.43. The van der Waals surface area contributed by atoms with Crippen LogP contribution in [0.5, 0.6) is 0 Å². The Morgan fingerprint density at radius 1 is 1.00 bits per heavy atom. The van der Waals surface area contributed by atoms with E-state index in [1.165, 1.54) is 11.3 Å². The Morgan fingerprint density at radius 3 is 2.41 bits per heavy atom. The molecule has 0 spiro atoms. The number of carbonyl (C=O) groups excluding carboxylic acids is 2. The first-order chi connectivity index (χ1) is 14.2. The fraction of sp³-hybridized carbons (Fsp3) is 0.261. The maximum absolute atomic E-state index is 13.0. The predicted molar refractivity (Wildman–Crippen MR) is 114 cm³/mol. The van der Waals surface area contributed by atoms with Crippen molar-refractivity contribution in [3.8, 4) is 0 Å². The van der Waals surface area contributed by atoms with Crippen molar-refractivity contribution in [1.82, 2.24) is 15.2 Å². The average molecular weight is 406 g/mol. The number of piperidine rings is 1. The number of benzene rings is 1. The fourth-order valence-corrected chi connectivity index (χ4v) is 4.37.